The van der Waals surface area contributed by atoms with Crippen LogP contribution in [0.5, 0.6) is 0 Å². The fourth-order valence-electron chi connectivity index (χ4n) is 2.32. The zero-order valence-corrected chi connectivity index (χ0v) is 30.7. The molecule has 3 N–H and O–H groups in total. The predicted octanol–water partition coefficient (Wildman–Crippen LogP) is 1.58. The van der Waals surface area contributed by atoms with Gasteiger partial charge in [-0.15, -0.1) is 0 Å². The molecule has 0 aliphatic heterocycles. The second-order valence-corrected chi connectivity index (χ2v) is 10.3. The first kappa shape index (κ1) is 52.5. The minimum Gasteiger partial charge on any atom is -0.481 e. The summed E-state index contributed by atoms with van der Waals surface area (Å²) in [5.41, 5.74) is 0.786. The fourth-order valence-corrected chi connectivity index (χ4v) is 2.32. The zero-order valence-electron chi connectivity index (χ0n) is 30.7. The van der Waals surface area contributed by atoms with Gasteiger partial charge in [-0.05, 0) is 27.7 Å². The Labute approximate surface area is 315 Å². The Morgan fingerprint density at radius 2 is 0.818 bits per heavy atom. The number of ether oxygens (including phenoxy) is 7. The first-order valence-corrected chi connectivity index (χ1v) is 15.4. The molecule has 0 bridgehead atoms. The van der Waals surface area contributed by atoms with Crippen molar-refractivity contribution in [2.75, 3.05) is 39.6 Å². The molecule has 0 unspecified atom stereocenters. The number of carbonyl (C=O) groups excluding carboxylic acids is 7. The number of rotatable bonds is 22. The minimum atomic E-state index is -1.33. The van der Waals surface area contributed by atoms with Crippen molar-refractivity contribution in [2.24, 2.45) is 0 Å². The smallest absolute Gasteiger partial charge is 0.333 e. The summed E-state index contributed by atoms with van der Waals surface area (Å²) in [6, 6.07) is 0. The van der Waals surface area contributed by atoms with Crippen molar-refractivity contribution >= 4 is 59.7 Å². The minimum absolute atomic E-state index is 0.0650. The van der Waals surface area contributed by atoms with Gasteiger partial charge in [0, 0.05) is 46.6 Å². The Hall–Kier alpha value is -6.86. The second kappa shape index (κ2) is 30.7. The number of esters is 7. The highest BCUT2D eigenvalue weighted by Crippen LogP contribution is 2.03. The van der Waals surface area contributed by atoms with Gasteiger partial charge in [-0.3, -0.25) is 9.59 Å². The topological polar surface area (TPSA) is 296 Å². The van der Waals surface area contributed by atoms with Gasteiger partial charge in [0.05, 0.1) is 12.8 Å². The van der Waals surface area contributed by atoms with Crippen LogP contribution in [0.1, 0.15) is 40.5 Å². The molecule has 55 heavy (non-hydrogen) atoms. The molecule has 0 atom stereocenters. The van der Waals surface area contributed by atoms with Crippen molar-refractivity contribution < 1.29 is 96.4 Å². The van der Waals surface area contributed by atoms with Crippen molar-refractivity contribution in [1.29, 1.82) is 0 Å². The van der Waals surface area contributed by atoms with Crippen LogP contribution in [-0.4, -0.2) is 121 Å². The molecule has 0 radical (unpaired) electrons. The summed E-state index contributed by atoms with van der Waals surface area (Å²) >= 11 is 0. The Morgan fingerprint density at radius 3 is 1.18 bits per heavy atom. The zero-order chi connectivity index (χ0) is 43.1. The van der Waals surface area contributed by atoms with Gasteiger partial charge in [0.15, 0.2) is 6.10 Å². The largest absolute Gasteiger partial charge is 0.481 e. The molecule has 0 amide bonds. The number of hydrogen-bond donors (Lipinski definition) is 3. The first-order valence-electron chi connectivity index (χ1n) is 15.4. The van der Waals surface area contributed by atoms with Crippen molar-refractivity contribution in [3.8, 4) is 0 Å². The number of carbonyl (C=O) groups is 10. The van der Waals surface area contributed by atoms with E-state index in [2.05, 4.69) is 45.3 Å². The standard InChI is InChI=1S/C15H18O8.C10H14O6.C10H12O6/c1-9(2)14(19)21-7-11(8-22-15(20)10(3)4)23-13(18)6-5-12(16)17;2*1-7(2)10(14)16-6-5-15-9(13)4-3-8(11)12/h5-6,11H,1,3,7-8H2,2,4H3,(H,16,17);1,3-6H2,2H3,(H,11,12);3-4H,1,5-6H2,2H3,(H,11,12)/b6-5-;;4-3-. The highest BCUT2D eigenvalue weighted by molar-refractivity contribution is 5.92. The molecular weight excluding hydrogens is 740 g/mol. The summed E-state index contributed by atoms with van der Waals surface area (Å²) in [6.07, 6.45) is 1.11. The van der Waals surface area contributed by atoms with Crippen LogP contribution < -0.4 is 0 Å². The highest BCUT2D eigenvalue weighted by Gasteiger charge is 2.19. The van der Waals surface area contributed by atoms with Gasteiger partial charge in [0.1, 0.15) is 39.6 Å². The highest BCUT2D eigenvalue weighted by atomic mass is 16.6. The van der Waals surface area contributed by atoms with E-state index in [0.717, 1.165) is 6.08 Å². The molecule has 20 heteroatoms. The van der Waals surface area contributed by atoms with Crippen LogP contribution in [0.3, 0.4) is 0 Å². The van der Waals surface area contributed by atoms with E-state index >= 15 is 0 Å². The van der Waals surface area contributed by atoms with Gasteiger partial charge in [-0.2, -0.15) is 0 Å². The summed E-state index contributed by atoms with van der Waals surface area (Å²) in [7, 11) is 0. The predicted molar refractivity (Wildman–Crippen MR) is 185 cm³/mol. The van der Waals surface area contributed by atoms with E-state index in [1.807, 2.05) is 0 Å². The SMILES string of the molecule is C=C(C)C(=O)OCC(COC(=O)C(=C)C)OC(=O)/C=C\C(=O)O.C=C(C)C(=O)OCCOC(=O)/C=C\C(=O)O.C=C(C)C(=O)OCCOC(=O)CCC(=O)O. The summed E-state index contributed by atoms with van der Waals surface area (Å²) in [6.45, 7) is 18.2. The van der Waals surface area contributed by atoms with Gasteiger partial charge in [-0.1, -0.05) is 26.3 Å². The maximum atomic E-state index is 11.4. The average Bonchev–Trinajstić information content (AvgIpc) is 3.09. The molecule has 20 nitrogen and oxygen atoms in total. The van der Waals surface area contributed by atoms with Crippen LogP contribution in [0.2, 0.25) is 0 Å². The van der Waals surface area contributed by atoms with Crippen LogP contribution in [0.4, 0.5) is 0 Å². The molecule has 304 valence electrons. The normalized spacial score (nSPS) is 9.84. The molecule has 0 heterocycles. The molecule has 0 spiro atoms. The second-order valence-electron chi connectivity index (χ2n) is 10.3. The molecule has 0 saturated carbocycles. The number of carboxylic acids is 3. The molecule has 0 aromatic heterocycles. The van der Waals surface area contributed by atoms with Crippen LogP contribution in [0.15, 0.2) is 72.9 Å². The number of carboxylic acid groups (broad SMARTS) is 3. The maximum absolute atomic E-state index is 11.4. The van der Waals surface area contributed by atoms with Gasteiger partial charge in [0.2, 0.25) is 0 Å². The van der Waals surface area contributed by atoms with E-state index in [9.17, 15) is 47.9 Å². The molecule has 0 rings (SSSR count). The van der Waals surface area contributed by atoms with Crippen LogP contribution in [0, 0.1) is 0 Å². The van der Waals surface area contributed by atoms with E-state index in [4.69, 9.17) is 29.5 Å². The lowest BCUT2D eigenvalue weighted by Crippen LogP contribution is -2.30. The summed E-state index contributed by atoms with van der Waals surface area (Å²) in [5, 5.41) is 24.9. The van der Waals surface area contributed by atoms with E-state index in [-0.39, 0.29) is 74.8 Å². The summed E-state index contributed by atoms with van der Waals surface area (Å²) in [4.78, 5) is 108. The third-order valence-corrected chi connectivity index (χ3v) is 4.88. The molecule has 0 aliphatic carbocycles. The Kier molecular flexibility index (Phi) is 29.3. The van der Waals surface area contributed by atoms with Crippen molar-refractivity contribution in [2.45, 2.75) is 46.6 Å². The molecule has 0 aromatic carbocycles. The van der Waals surface area contributed by atoms with Gasteiger partial charge in [-0.25, -0.2) is 38.4 Å². The third kappa shape index (κ3) is 35.3. The fraction of sp³-hybridized carbons (Fsp3) is 0.371. The number of hydrogen-bond acceptors (Lipinski definition) is 17. The molecule has 0 fully saturated rings. The van der Waals surface area contributed by atoms with Gasteiger partial charge >= 0.3 is 59.7 Å². The third-order valence-electron chi connectivity index (χ3n) is 4.88. The maximum Gasteiger partial charge on any atom is 0.333 e. The first-order chi connectivity index (χ1) is 25.5. The van der Waals surface area contributed by atoms with Crippen LogP contribution in [0.25, 0.3) is 0 Å². The molecular formula is C35H44O20. The average molecular weight is 785 g/mol. The lowest BCUT2D eigenvalue weighted by molar-refractivity contribution is -0.160. The van der Waals surface area contributed by atoms with Crippen LogP contribution >= 0.6 is 0 Å². The lowest BCUT2D eigenvalue weighted by Gasteiger charge is -2.17. The van der Waals surface area contributed by atoms with E-state index in [0.29, 0.717) is 18.2 Å². The quantitative estimate of drug-likeness (QED) is 0.0607. The number of aliphatic carboxylic acids is 3. The van der Waals surface area contributed by atoms with E-state index < -0.39 is 65.8 Å². The molecule has 0 aliphatic rings. The van der Waals surface area contributed by atoms with Gasteiger partial charge in [0.25, 0.3) is 0 Å². The van der Waals surface area contributed by atoms with Crippen molar-refractivity contribution in [1.82, 2.24) is 0 Å². The van der Waals surface area contributed by atoms with E-state index in [1.54, 1.807) is 0 Å². The van der Waals surface area contributed by atoms with Crippen molar-refractivity contribution in [3.63, 3.8) is 0 Å². The monoisotopic (exact) mass is 784 g/mol. The Balaban J connectivity index is -0.000000757. The Bertz CT molecular complexity index is 1480. The van der Waals surface area contributed by atoms with Crippen LogP contribution in [-0.2, 0) is 81.1 Å². The van der Waals surface area contributed by atoms with E-state index in [1.165, 1.54) is 27.7 Å². The summed E-state index contributed by atoms with van der Waals surface area (Å²) < 4.78 is 32.9. The van der Waals surface area contributed by atoms with Crippen molar-refractivity contribution in [3.05, 3.63) is 72.9 Å². The molecule has 0 saturated heterocycles. The lowest BCUT2D eigenvalue weighted by atomic mass is 10.3. The summed E-state index contributed by atoms with van der Waals surface area (Å²) in [5.74, 6) is -8.62. The van der Waals surface area contributed by atoms with Gasteiger partial charge < -0.3 is 48.5 Å². The Morgan fingerprint density at radius 1 is 0.473 bits per heavy atom. The molecule has 0 aromatic rings.